The highest BCUT2D eigenvalue weighted by atomic mass is 35.5. The number of para-hydroxylation sites is 1. The van der Waals surface area contributed by atoms with Crippen molar-refractivity contribution in [1.82, 2.24) is 14.8 Å². The van der Waals surface area contributed by atoms with E-state index < -0.39 is 13.3 Å². The van der Waals surface area contributed by atoms with E-state index in [0.29, 0.717) is 30.3 Å². The van der Waals surface area contributed by atoms with Crippen molar-refractivity contribution < 1.29 is 13.8 Å². The summed E-state index contributed by atoms with van der Waals surface area (Å²) in [4.78, 5) is 21.3. The van der Waals surface area contributed by atoms with Gasteiger partial charge in [-0.15, -0.1) is 0 Å². The number of piperazine rings is 1. The maximum atomic E-state index is 15.0. The second kappa shape index (κ2) is 11.1. The summed E-state index contributed by atoms with van der Waals surface area (Å²) < 4.78 is 36.2. The minimum atomic E-state index is -3.48. The molecule has 7 nitrogen and oxygen atoms in total. The highest BCUT2D eigenvalue weighted by Crippen LogP contribution is 2.60. The first-order chi connectivity index (χ1) is 19.4. The van der Waals surface area contributed by atoms with E-state index in [4.69, 9.17) is 21.3 Å². The average molecular weight is 594 g/mol. The van der Waals surface area contributed by atoms with Crippen LogP contribution in [0.2, 0.25) is 5.02 Å². The maximum absolute atomic E-state index is 15.0. The first-order valence-corrected chi connectivity index (χ1v) is 16.1. The summed E-state index contributed by atoms with van der Waals surface area (Å²) in [6, 6.07) is 15.6. The third kappa shape index (κ3) is 5.20. The molecule has 1 amide bonds. The first-order valence-electron chi connectivity index (χ1n) is 13.7. The van der Waals surface area contributed by atoms with Gasteiger partial charge in [-0.05, 0) is 55.7 Å². The van der Waals surface area contributed by atoms with E-state index in [0.717, 1.165) is 11.3 Å². The number of pyridine rings is 1. The summed E-state index contributed by atoms with van der Waals surface area (Å²) in [5.41, 5.74) is 2.84. The number of aromatic nitrogens is 1. The minimum absolute atomic E-state index is 0.133. The zero-order valence-corrected chi connectivity index (χ0v) is 25.5. The number of rotatable bonds is 4. The van der Waals surface area contributed by atoms with Crippen LogP contribution >= 0.6 is 19.0 Å². The number of halogens is 2. The lowest BCUT2D eigenvalue weighted by atomic mass is 10.0. The van der Waals surface area contributed by atoms with Gasteiger partial charge < -0.3 is 9.80 Å². The zero-order chi connectivity index (χ0) is 29.6. The summed E-state index contributed by atoms with van der Waals surface area (Å²) >= 11 is 6.81. The Balaban J connectivity index is 1.74. The highest BCUT2D eigenvalue weighted by Gasteiger charge is 2.42. The molecule has 1 saturated heterocycles. The Morgan fingerprint density at radius 1 is 1.10 bits per heavy atom. The third-order valence-corrected chi connectivity index (χ3v) is 9.68. The van der Waals surface area contributed by atoms with E-state index >= 15 is 0 Å². The van der Waals surface area contributed by atoms with Gasteiger partial charge >= 0.3 is 0 Å². The van der Waals surface area contributed by atoms with E-state index in [2.05, 4.69) is 25.3 Å². The smallest absolute Gasteiger partial charge is 0.285 e. The summed E-state index contributed by atoms with van der Waals surface area (Å²) in [7, 11) is -3.48. The predicted octanol–water partition coefficient (Wildman–Crippen LogP) is 7.49. The van der Waals surface area contributed by atoms with E-state index in [1.807, 2.05) is 38.1 Å². The normalized spacial score (nSPS) is 22.4. The van der Waals surface area contributed by atoms with E-state index in [1.165, 1.54) is 12.1 Å². The van der Waals surface area contributed by atoms with Gasteiger partial charge in [-0.1, -0.05) is 62.4 Å². The van der Waals surface area contributed by atoms with Crippen LogP contribution in [0.3, 0.4) is 0 Å². The number of amidine groups is 1. The summed E-state index contributed by atoms with van der Waals surface area (Å²) in [5, 5.41) is 0.257. The molecule has 10 heteroatoms. The molecular formula is C31H34ClFN5O2P. The molecule has 0 spiro atoms. The average Bonchev–Trinajstić information content (AvgIpc) is 2.93. The molecule has 1 aromatic heterocycles. The van der Waals surface area contributed by atoms with E-state index in [-0.39, 0.29) is 40.2 Å². The lowest BCUT2D eigenvalue weighted by Crippen LogP contribution is -2.59. The highest BCUT2D eigenvalue weighted by molar-refractivity contribution is 7.64. The molecule has 2 aliphatic rings. The van der Waals surface area contributed by atoms with Crippen LogP contribution in [-0.4, -0.2) is 58.4 Å². The molecule has 2 aromatic carbocycles. The fraction of sp³-hybridized carbons (Fsp3) is 0.323. The summed E-state index contributed by atoms with van der Waals surface area (Å²) in [6.07, 6.45) is 1.32. The Kier molecular flexibility index (Phi) is 7.84. The molecule has 0 radical (unpaired) electrons. The van der Waals surface area contributed by atoms with Crippen LogP contribution in [0.1, 0.15) is 44.7 Å². The van der Waals surface area contributed by atoms with Crippen molar-refractivity contribution in [3.05, 3.63) is 89.2 Å². The molecular weight excluding hydrogens is 560 g/mol. The van der Waals surface area contributed by atoms with Crippen molar-refractivity contribution in [2.45, 2.75) is 45.7 Å². The molecule has 3 aromatic rings. The summed E-state index contributed by atoms with van der Waals surface area (Å²) in [5.74, 6) is 0.456. The summed E-state index contributed by atoms with van der Waals surface area (Å²) in [6.45, 7) is 14.3. The molecule has 3 atom stereocenters. The number of hydrogen-bond acceptors (Lipinski definition) is 4. The number of benzene rings is 2. The molecule has 3 heterocycles. The van der Waals surface area contributed by atoms with Gasteiger partial charge in [0.15, 0.2) is 5.82 Å². The van der Waals surface area contributed by atoms with Gasteiger partial charge in [0.25, 0.3) is 7.44 Å². The van der Waals surface area contributed by atoms with Crippen molar-refractivity contribution in [3.8, 4) is 11.3 Å². The predicted molar refractivity (Wildman–Crippen MR) is 165 cm³/mol. The number of anilines is 2. The molecule has 0 saturated carbocycles. The molecule has 0 N–H and O–H groups in total. The maximum Gasteiger partial charge on any atom is 0.285 e. The first kappa shape index (κ1) is 29.0. The van der Waals surface area contributed by atoms with Gasteiger partial charge in [0.1, 0.15) is 11.7 Å². The standard InChI is InChI=1S/C31H34ClFN5O2P/c1-7-28(39)36-17-21(5)37(18-20(36)4)31-24-16-25(32)29(23-13-8-10-14-26(23)33)34-30(24)38(41(6,40)35-31)27-15-11-9-12-22(27)19(2)3/h7-16,19-21H,1,17-18H2,2-6H3/t20-,21+,41+/m1/s1. The van der Waals surface area contributed by atoms with Gasteiger partial charge in [-0.3, -0.25) is 14.0 Å². The van der Waals surface area contributed by atoms with Crippen LogP contribution in [-0.2, 0) is 9.36 Å². The second-order valence-electron chi connectivity index (χ2n) is 11.0. The van der Waals surface area contributed by atoms with Gasteiger partial charge in [0.05, 0.1) is 22.0 Å². The largest absolute Gasteiger partial charge is 0.349 e. The van der Waals surface area contributed by atoms with Crippen LogP contribution in [0, 0.1) is 5.82 Å². The van der Waals surface area contributed by atoms with Crippen LogP contribution in [0.15, 0.2) is 72.0 Å². The van der Waals surface area contributed by atoms with Crippen molar-refractivity contribution in [3.63, 3.8) is 0 Å². The molecule has 214 valence electrons. The number of fused-ring (bicyclic) bond motifs is 1. The number of carbonyl (C=O) groups excluding carboxylic acids is 1. The number of hydrogen-bond donors (Lipinski definition) is 0. The zero-order valence-electron chi connectivity index (χ0n) is 23.9. The second-order valence-corrected chi connectivity index (χ2v) is 13.7. The topological polar surface area (TPSA) is 69.1 Å². The quantitative estimate of drug-likeness (QED) is 0.231. The minimum Gasteiger partial charge on any atom is -0.349 e. The SMILES string of the molecule is C=CC(=O)N1C[C@H](C)N(C2=N[P@](C)(=O)N(c3ccccc3C(C)C)c3nc(-c4ccccc4F)c(Cl)cc32)C[C@H]1C. The lowest BCUT2D eigenvalue weighted by Gasteiger charge is -2.47. The van der Waals surface area contributed by atoms with Gasteiger partial charge in [0, 0.05) is 37.4 Å². The molecule has 0 unspecified atom stereocenters. The fourth-order valence-electron chi connectivity index (χ4n) is 5.64. The van der Waals surface area contributed by atoms with Crippen molar-refractivity contribution in [1.29, 1.82) is 0 Å². The van der Waals surface area contributed by atoms with Crippen molar-refractivity contribution in [2.75, 3.05) is 24.4 Å². The Bertz CT molecular complexity index is 1610. The molecule has 0 aliphatic carbocycles. The Morgan fingerprint density at radius 3 is 2.46 bits per heavy atom. The van der Waals surface area contributed by atoms with Gasteiger partial charge in [-0.25, -0.2) is 9.37 Å². The number of amides is 1. The third-order valence-electron chi connectivity index (χ3n) is 7.68. The monoisotopic (exact) mass is 593 g/mol. The molecule has 2 aliphatic heterocycles. The molecule has 41 heavy (non-hydrogen) atoms. The molecule has 5 rings (SSSR count). The van der Waals surface area contributed by atoms with Crippen LogP contribution in [0.5, 0.6) is 0 Å². The molecule has 0 bridgehead atoms. The van der Waals surface area contributed by atoms with Crippen LogP contribution < -0.4 is 4.67 Å². The van der Waals surface area contributed by atoms with Crippen LogP contribution in [0.25, 0.3) is 11.3 Å². The van der Waals surface area contributed by atoms with Crippen molar-refractivity contribution in [2.24, 2.45) is 4.76 Å². The Hall–Kier alpha value is -3.48. The Morgan fingerprint density at radius 2 is 1.78 bits per heavy atom. The van der Waals surface area contributed by atoms with Gasteiger partial charge in [0.2, 0.25) is 5.91 Å². The Labute approximate surface area is 245 Å². The number of nitrogens with zero attached hydrogens (tertiary/aromatic N) is 5. The van der Waals surface area contributed by atoms with Crippen LogP contribution in [0.4, 0.5) is 15.9 Å². The number of carbonyl (C=O) groups is 1. The van der Waals surface area contributed by atoms with E-state index in [1.54, 1.807) is 40.5 Å². The van der Waals surface area contributed by atoms with Crippen molar-refractivity contribution >= 4 is 42.3 Å². The lowest BCUT2D eigenvalue weighted by molar-refractivity contribution is -0.130. The fourth-order valence-corrected chi connectivity index (χ4v) is 7.64. The molecule has 1 fully saturated rings. The van der Waals surface area contributed by atoms with Gasteiger partial charge in [-0.2, -0.15) is 4.76 Å². The van der Waals surface area contributed by atoms with E-state index in [9.17, 15) is 13.8 Å².